The number of aliphatic carboxylic acids is 1. The molecule has 4 aromatic rings. The largest absolute Gasteiger partial charge is 0.481 e. The number of carbonyl (C=O) groups is 1. The van der Waals surface area contributed by atoms with Crippen LogP contribution in [0.25, 0.3) is 11.1 Å². The zero-order valence-corrected chi connectivity index (χ0v) is 36.0. The van der Waals surface area contributed by atoms with Gasteiger partial charge in [0.25, 0.3) is 0 Å². The SMILES string of the molecule is CCN(CC)c1ccc2c(c1)C1(CCc3ccccc31)\C(=C/C=C/C=C/C1=[N+](CCCCCC(=O)O)c3cc4c(cc3C1(C)C)C(C)(C)c1ccccc1-4)N2CCCO. The number of hydrogen-bond donors (Lipinski definition) is 2. The van der Waals surface area contributed by atoms with Gasteiger partial charge in [-0.1, -0.05) is 80.6 Å². The van der Waals surface area contributed by atoms with Crippen LogP contribution in [0.1, 0.15) is 113 Å². The summed E-state index contributed by atoms with van der Waals surface area (Å²) >= 11 is 0. The fourth-order valence-corrected chi connectivity index (χ4v) is 10.9. The lowest BCUT2D eigenvalue weighted by molar-refractivity contribution is -0.438. The standard InChI is InChI=1S/C53H61N3O3/c1-7-54(8-2)38-27-28-46-45(34-38)53(30-29-37-20-14-16-22-41(37)53)49(55(46)32-19-33-57)25-12-9-11-24-48-52(5,6)44-36-43-40(39-21-15-17-23-42(39)51(43,3)4)35-47(44)56(48)31-18-10-13-26-50(58)59/h9,11-12,14-17,20-25,27-28,34-36,57H,7-8,10,13,18-19,26,29-33H2,1-6H3/p+1. The first-order chi connectivity index (χ1) is 28.5. The van der Waals surface area contributed by atoms with Gasteiger partial charge in [0.1, 0.15) is 6.54 Å². The minimum atomic E-state index is -0.725. The first-order valence-corrected chi connectivity index (χ1v) is 22.1. The topological polar surface area (TPSA) is 67.0 Å². The van der Waals surface area contributed by atoms with Crippen LogP contribution >= 0.6 is 0 Å². The predicted octanol–water partition coefficient (Wildman–Crippen LogP) is 11.0. The normalized spacial score (nSPS) is 19.9. The molecule has 59 heavy (non-hydrogen) atoms. The number of aliphatic hydroxyl groups excluding tert-OH is 1. The Balaban J connectivity index is 1.18. The van der Waals surface area contributed by atoms with Crippen molar-refractivity contribution in [2.24, 2.45) is 0 Å². The Morgan fingerprint density at radius 2 is 1.54 bits per heavy atom. The quantitative estimate of drug-likeness (QED) is 0.0713. The van der Waals surface area contributed by atoms with Crippen LogP contribution < -0.4 is 9.80 Å². The molecule has 0 saturated heterocycles. The van der Waals surface area contributed by atoms with Crippen molar-refractivity contribution in [3.05, 3.63) is 148 Å². The van der Waals surface area contributed by atoms with Crippen molar-refractivity contribution in [2.75, 3.05) is 42.6 Å². The molecule has 4 aromatic carbocycles. The molecule has 2 heterocycles. The molecule has 4 aliphatic rings. The fraction of sp³-hybridized carbons (Fsp3) is 0.396. The van der Waals surface area contributed by atoms with Crippen LogP contribution in [-0.4, -0.2) is 59.3 Å². The average molecular weight is 789 g/mol. The summed E-state index contributed by atoms with van der Waals surface area (Å²) in [6, 6.07) is 29.8. The van der Waals surface area contributed by atoms with E-state index in [1.165, 1.54) is 73.0 Å². The number of anilines is 2. The smallest absolute Gasteiger partial charge is 0.303 e. The number of aryl methyl sites for hydroxylation is 1. The molecule has 0 radical (unpaired) electrons. The molecular formula is C53H62N3O3+. The van der Waals surface area contributed by atoms with Crippen LogP contribution in [0.15, 0.2) is 115 Å². The van der Waals surface area contributed by atoms with Crippen molar-refractivity contribution in [2.45, 2.75) is 103 Å². The molecule has 306 valence electrons. The molecule has 2 aliphatic carbocycles. The van der Waals surface area contributed by atoms with E-state index in [0.717, 1.165) is 51.9 Å². The van der Waals surface area contributed by atoms with Gasteiger partial charge in [-0.2, -0.15) is 4.58 Å². The molecule has 0 amide bonds. The second-order valence-electron chi connectivity index (χ2n) is 17.9. The molecule has 1 spiro atoms. The van der Waals surface area contributed by atoms with Crippen molar-refractivity contribution in [1.82, 2.24) is 0 Å². The van der Waals surface area contributed by atoms with Crippen LogP contribution in [-0.2, 0) is 27.5 Å². The average Bonchev–Trinajstić information content (AvgIpc) is 3.88. The maximum Gasteiger partial charge on any atom is 0.303 e. The molecule has 8 rings (SSSR count). The number of aliphatic hydroxyl groups is 1. The van der Waals surface area contributed by atoms with Crippen LogP contribution in [0.5, 0.6) is 0 Å². The minimum absolute atomic E-state index is 0.0807. The summed E-state index contributed by atoms with van der Waals surface area (Å²) < 4.78 is 2.51. The molecule has 0 fully saturated rings. The maximum atomic E-state index is 11.3. The van der Waals surface area contributed by atoms with Gasteiger partial charge in [-0.25, -0.2) is 0 Å². The molecule has 2 aliphatic heterocycles. The number of hydrogen-bond acceptors (Lipinski definition) is 4. The van der Waals surface area contributed by atoms with E-state index in [0.29, 0.717) is 12.8 Å². The fourth-order valence-electron chi connectivity index (χ4n) is 10.9. The highest BCUT2D eigenvalue weighted by Gasteiger charge is 2.52. The van der Waals surface area contributed by atoms with E-state index < -0.39 is 5.97 Å². The number of nitrogens with zero attached hydrogens (tertiary/aromatic N) is 3. The molecule has 6 heteroatoms. The number of rotatable bonds is 15. The molecule has 1 atom stereocenters. The van der Waals surface area contributed by atoms with E-state index >= 15 is 0 Å². The third-order valence-electron chi connectivity index (χ3n) is 14.0. The Hall–Kier alpha value is -5.20. The van der Waals surface area contributed by atoms with E-state index in [2.05, 4.69) is 165 Å². The summed E-state index contributed by atoms with van der Waals surface area (Å²) in [5.74, 6) is -0.725. The highest BCUT2D eigenvalue weighted by Crippen LogP contribution is 2.59. The van der Waals surface area contributed by atoms with E-state index in [1.54, 1.807) is 0 Å². The van der Waals surface area contributed by atoms with E-state index in [9.17, 15) is 15.0 Å². The van der Waals surface area contributed by atoms with Crippen molar-refractivity contribution >= 4 is 28.7 Å². The van der Waals surface area contributed by atoms with Crippen LogP contribution in [0.3, 0.4) is 0 Å². The van der Waals surface area contributed by atoms with Crippen molar-refractivity contribution < 1.29 is 19.6 Å². The Morgan fingerprint density at radius 3 is 2.31 bits per heavy atom. The monoisotopic (exact) mass is 788 g/mol. The maximum absolute atomic E-state index is 11.3. The third-order valence-corrected chi connectivity index (χ3v) is 14.0. The highest BCUT2D eigenvalue weighted by molar-refractivity contribution is 6.04. The lowest BCUT2D eigenvalue weighted by Gasteiger charge is -2.31. The van der Waals surface area contributed by atoms with Gasteiger partial charge in [-0.3, -0.25) is 4.79 Å². The molecule has 6 nitrogen and oxygen atoms in total. The van der Waals surface area contributed by atoms with Crippen molar-refractivity contribution in [3.8, 4) is 11.1 Å². The third kappa shape index (κ3) is 6.78. The Labute approximate surface area is 351 Å². The second-order valence-corrected chi connectivity index (χ2v) is 17.9. The molecule has 1 unspecified atom stereocenters. The first-order valence-electron chi connectivity index (χ1n) is 22.1. The van der Waals surface area contributed by atoms with Gasteiger partial charge >= 0.3 is 5.97 Å². The lowest BCUT2D eigenvalue weighted by atomic mass is 9.74. The number of carboxylic acids is 1. The minimum Gasteiger partial charge on any atom is -0.481 e. The van der Waals surface area contributed by atoms with Gasteiger partial charge < -0.3 is 20.0 Å². The van der Waals surface area contributed by atoms with E-state index in [4.69, 9.17) is 0 Å². The summed E-state index contributed by atoms with van der Waals surface area (Å²) in [6.45, 7) is 17.5. The first kappa shape index (κ1) is 40.6. The van der Waals surface area contributed by atoms with Gasteiger partial charge in [0.2, 0.25) is 5.69 Å². The second kappa shape index (κ2) is 16.1. The number of allylic oxidation sites excluding steroid dienone is 6. The van der Waals surface area contributed by atoms with Gasteiger partial charge in [0, 0.05) is 79.3 Å². The summed E-state index contributed by atoms with van der Waals surface area (Å²) in [5, 5.41) is 19.3. The Bertz CT molecular complexity index is 2390. The molecule has 0 saturated carbocycles. The summed E-state index contributed by atoms with van der Waals surface area (Å²) in [5.41, 5.74) is 16.7. The zero-order valence-electron chi connectivity index (χ0n) is 36.0. The molecule has 0 aromatic heterocycles. The summed E-state index contributed by atoms with van der Waals surface area (Å²) in [4.78, 5) is 16.2. The highest BCUT2D eigenvalue weighted by atomic mass is 16.4. The Morgan fingerprint density at radius 1 is 0.780 bits per heavy atom. The zero-order chi connectivity index (χ0) is 41.5. The van der Waals surface area contributed by atoms with E-state index in [-0.39, 0.29) is 29.3 Å². The van der Waals surface area contributed by atoms with Crippen molar-refractivity contribution in [1.29, 1.82) is 0 Å². The van der Waals surface area contributed by atoms with Gasteiger partial charge in [-0.15, -0.1) is 0 Å². The lowest BCUT2D eigenvalue weighted by Crippen LogP contribution is -2.31. The number of fused-ring (bicyclic) bond motifs is 8. The molecule has 2 N–H and O–H groups in total. The van der Waals surface area contributed by atoms with E-state index in [1.807, 2.05) is 0 Å². The number of benzene rings is 4. The Kier molecular flexibility index (Phi) is 11.1. The number of carboxylic acid groups (broad SMARTS) is 1. The van der Waals surface area contributed by atoms with Crippen LogP contribution in [0.4, 0.5) is 17.1 Å². The van der Waals surface area contributed by atoms with Gasteiger partial charge in [0.05, 0.1) is 10.8 Å². The predicted molar refractivity (Wildman–Crippen MR) is 244 cm³/mol. The van der Waals surface area contributed by atoms with Crippen LogP contribution in [0, 0.1) is 0 Å². The van der Waals surface area contributed by atoms with Crippen molar-refractivity contribution in [3.63, 3.8) is 0 Å². The summed E-state index contributed by atoms with van der Waals surface area (Å²) in [6.07, 6.45) is 16.7. The van der Waals surface area contributed by atoms with Gasteiger partial charge in [0.15, 0.2) is 5.71 Å². The van der Waals surface area contributed by atoms with Gasteiger partial charge in [-0.05, 0) is 129 Å². The molecule has 0 bridgehead atoms. The molecular weight excluding hydrogens is 727 g/mol. The number of unbranched alkanes of at least 4 members (excludes halogenated alkanes) is 2. The summed E-state index contributed by atoms with van der Waals surface area (Å²) in [7, 11) is 0. The van der Waals surface area contributed by atoms with Crippen LogP contribution in [0.2, 0.25) is 0 Å².